The molecule has 2 aromatic carbocycles. The summed E-state index contributed by atoms with van der Waals surface area (Å²) >= 11 is 3.15. The number of nitrogens with one attached hydrogen (secondary N) is 1. The van der Waals surface area contributed by atoms with Crippen molar-refractivity contribution in [2.24, 2.45) is 0 Å². The van der Waals surface area contributed by atoms with Gasteiger partial charge in [0.1, 0.15) is 16.0 Å². The highest BCUT2D eigenvalue weighted by molar-refractivity contribution is 9.10. The minimum absolute atomic E-state index is 0.199. The number of ether oxygens (including phenoxy) is 1. The highest BCUT2D eigenvalue weighted by Crippen LogP contribution is 2.32. The Kier molecular flexibility index (Phi) is 3.28. The first-order valence-corrected chi connectivity index (χ1v) is 6.81. The average Bonchev–Trinajstić information content (AvgIpc) is 2.49. The van der Waals surface area contributed by atoms with E-state index in [0.717, 1.165) is 22.1 Å². The summed E-state index contributed by atoms with van der Waals surface area (Å²) in [6, 6.07) is 11.6. The van der Waals surface area contributed by atoms with Crippen LogP contribution in [0.5, 0.6) is 5.75 Å². The van der Waals surface area contributed by atoms with Gasteiger partial charge in [0, 0.05) is 17.1 Å². The van der Waals surface area contributed by atoms with E-state index >= 15 is 0 Å². The summed E-state index contributed by atoms with van der Waals surface area (Å²) in [6.07, 6.45) is 1.51. The molecule has 1 N–H and O–H groups in total. The number of benzene rings is 2. The van der Waals surface area contributed by atoms with Crippen LogP contribution in [-0.4, -0.2) is 17.1 Å². The van der Waals surface area contributed by atoms with Crippen LogP contribution in [0.2, 0.25) is 0 Å². The highest BCUT2D eigenvalue weighted by Gasteiger charge is 2.10. The lowest BCUT2D eigenvalue weighted by Crippen LogP contribution is -2.09. The summed E-state index contributed by atoms with van der Waals surface area (Å²) in [6.45, 7) is 0. The Bertz CT molecular complexity index is 843. The van der Waals surface area contributed by atoms with E-state index in [-0.39, 0.29) is 5.56 Å². The molecular formula is C15H11BrN2O2. The Morgan fingerprint density at radius 1 is 1.15 bits per heavy atom. The van der Waals surface area contributed by atoms with E-state index in [4.69, 9.17) is 4.74 Å². The highest BCUT2D eigenvalue weighted by atomic mass is 79.9. The fraction of sp³-hybridized carbons (Fsp3) is 0.0667. The smallest absolute Gasteiger partial charge is 0.265 e. The number of aromatic nitrogens is 2. The van der Waals surface area contributed by atoms with Crippen LogP contribution in [0.4, 0.5) is 0 Å². The van der Waals surface area contributed by atoms with Gasteiger partial charge in [0.25, 0.3) is 5.56 Å². The molecule has 1 aromatic heterocycles. The van der Waals surface area contributed by atoms with Crippen molar-refractivity contribution in [3.63, 3.8) is 0 Å². The van der Waals surface area contributed by atoms with Crippen molar-refractivity contribution in [2.45, 2.75) is 0 Å². The largest absolute Gasteiger partial charge is 0.496 e. The van der Waals surface area contributed by atoms with E-state index in [2.05, 4.69) is 25.9 Å². The SMILES string of the molecule is COc1ccc(-c2ncc(Br)c(=O)[nH]2)c2ccccc12. The molecule has 0 bridgehead atoms. The lowest BCUT2D eigenvalue weighted by molar-refractivity contribution is 0.420. The Morgan fingerprint density at radius 3 is 2.60 bits per heavy atom. The molecule has 0 saturated carbocycles. The third-order valence-corrected chi connectivity index (χ3v) is 3.68. The molecule has 3 rings (SSSR count). The molecule has 0 atom stereocenters. The number of rotatable bonds is 2. The van der Waals surface area contributed by atoms with Gasteiger partial charge in [-0.2, -0.15) is 0 Å². The first-order valence-electron chi connectivity index (χ1n) is 6.01. The second kappa shape index (κ2) is 5.09. The van der Waals surface area contributed by atoms with Gasteiger partial charge in [-0.05, 0) is 33.4 Å². The van der Waals surface area contributed by atoms with Crippen molar-refractivity contribution in [1.29, 1.82) is 0 Å². The first-order chi connectivity index (χ1) is 9.70. The Balaban J connectivity index is 2.31. The number of fused-ring (bicyclic) bond motifs is 1. The average molecular weight is 331 g/mol. The topological polar surface area (TPSA) is 55.0 Å². The number of hydrogen-bond acceptors (Lipinski definition) is 3. The van der Waals surface area contributed by atoms with Crippen molar-refractivity contribution in [2.75, 3.05) is 7.11 Å². The molecule has 0 aliphatic rings. The van der Waals surface area contributed by atoms with Crippen LogP contribution in [0.25, 0.3) is 22.2 Å². The van der Waals surface area contributed by atoms with Gasteiger partial charge in [0.15, 0.2) is 0 Å². The van der Waals surface area contributed by atoms with E-state index in [9.17, 15) is 4.79 Å². The van der Waals surface area contributed by atoms with Crippen LogP contribution in [0, 0.1) is 0 Å². The third kappa shape index (κ3) is 2.10. The molecule has 0 aliphatic carbocycles. The fourth-order valence-electron chi connectivity index (χ4n) is 2.17. The molecule has 0 fully saturated rings. The zero-order valence-electron chi connectivity index (χ0n) is 10.7. The molecule has 0 unspecified atom stereocenters. The normalized spacial score (nSPS) is 10.7. The van der Waals surface area contributed by atoms with Crippen LogP contribution in [0.1, 0.15) is 0 Å². The van der Waals surface area contributed by atoms with Crippen LogP contribution in [0.15, 0.2) is 51.9 Å². The molecule has 4 nitrogen and oxygen atoms in total. The van der Waals surface area contributed by atoms with Gasteiger partial charge < -0.3 is 9.72 Å². The van der Waals surface area contributed by atoms with Crippen LogP contribution < -0.4 is 10.3 Å². The van der Waals surface area contributed by atoms with Crippen molar-refractivity contribution < 1.29 is 4.74 Å². The van der Waals surface area contributed by atoms with Gasteiger partial charge in [-0.15, -0.1) is 0 Å². The van der Waals surface area contributed by atoms with E-state index in [1.165, 1.54) is 6.20 Å². The van der Waals surface area contributed by atoms with Crippen molar-refractivity contribution in [1.82, 2.24) is 9.97 Å². The molecule has 0 spiro atoms. The Labute approximate surface area is 123 Å². The lowest BCUT2D eigenvalue weighted by atomic mass is 10.0. The van der Waals surface area contributed by atoms with Gasteiger partial charge in [0.05, 0.1) is 7.11 Å². The van der Waals surface area contributed by atoms with Gasteiger partial charge >= 0.3 is 0 Å². The molecule has 100 valence electrons. The van der Waals surface area contributed by atoms with Crippen molar-refractivity contribution in [3.8, 4) is 17.1 Å². The van der Waals surface area contributed by atoms with E-state index in [1.807, 2.05) is 36.4 Å². The Morgan fingerprint density at radius 2 is 1.90 bits per heavy atom. The number of H-pyrrole nitrogens is 1. The maximum atomic E-state index is 11.7. The number of hydrogen-bond donors (Lipinski definition) is 1. The maximum absolute atomic E-state index is 11.7. The molecule has 3 aromatic rings. The number of aromatic amines is 1. The number of methoxy groups -OCH3 is 1. The summed E-state index contributed by atoms with van der Waals surface area (Å²) in [7, 11) is 1.64. The summed E-state index contributed by atoms with van der Waals surface area (Å²) in [5, 5.41) is 1.97. The molecule has 0 saturated heterocycles. The summed E-state index contributed by atoms with van der Waals surface area (Å²) in [4.78, 5) is 18.7. The van der Waals surface area contributed by atoms with Crippen molar-refractivity contribution >= 4 is 26.7 Å². The fourth-order valence-corrected chi connectivity index (χ4v) is 2.37. The van der Waals surface area contributed by atoms with Crippen LogP contribution in [0.3, 0.4) is 0 Å². The van der Waals surface area contributed by atoms with Crippen LogP contribution >= 0.6 is 15.9 Å². The molecule has 0 amide bonds. The lowest BCUT2D eigenvalue weighted by Gasteiger charge is -2.09. The second-order valence-corrected chi connectivity index (χ2v) is 5.12. The van der Waals surface area contributed by atoms with E-state index < -0.39 is 0 Å². The third-order valence-electron chi connectivity index (χ3n) is 3.11. The molecule has 5 heteroatoms. The van der Waals surface area contributed by atoms with E-state index in [1.54, 1.807) is 7.11 Å². The molecule has 0 radical (unpaired) electrons. The van der Waals surface area contributed by atoms with Crippen LogP contribution in [-0.2, 0) is 0 Å². The zero-order valence-corrected chi connectivity index (χ0v) is 12.3. The monoisotopic (exact) mass is 330 g/mol. The number of nitrogens with zero attached hydrogens (tertiary/aromatic N) is 1. The van der Waals surface area contributed by atoms with Gasteiger partial charge in [-0.3, -0.25) is 4.79 Å². The number of halogens is 1. The molecule has 0 aliphatic heterocycles. The van der Waals surface area contributed by atoms with E-state index in [0.29, 0.717) is 10.3 Å². The van der Waals surface area contributed by atoms with Gasteiger partial charge in [-0.1, -0.05) is 24.3 Å². The summed E-state index contributed by atoms with van der Waals surface area (Å²) < 4.78 is 5.78. The quantitative estimate of drug-likeness (QED) is 0.783. The Hall–Kier alpha value is -2.14. The molecule has 1 heterocycles. The molecule has 20 heavy (non-hydrogen) atoms. The standard InChI is InChI=1S/C15H11BrN2O2/c1-20-13-7-6-11(9-4-2-3-5-10(9)13)14-17-8-12(16)15(19)18-14/h2-8H,1H3,(H,17,18,19). The predicted octanol–water partition coefficient (Wildman–Crippen LogP) is 3.36. The maximum Gasteiger partial charge on any atom is 0.265 e. The molecular weight excluding hydrogens is 320 g/mol. The zero-order chi connectivity index (χ0) is 14.1. The summed E-state index contributed by atoms with van der Waals surface area (Å²) in [5.74, 6) is 1.33. The van der Waals surface area contributed by atoms with Crippen molar-refractivity contribution in [3.05, 3.63) is 57.4 Å². The van der Waals surface area contributed by atoms with Gasteiger partial charge in [-0.25, -0.2) is 4.98 Å². The summed E-state index contributed by atoms with van der Waals surface area (Å²) in [5.41, 5.74) is 0.667. The predicted molar refractivity (Wildman–Crippen MR) is 82.1 cm³/mol. The van der Waals surface area contributed by atoms with Gasteiger partial charge in [0.2, 0.25) is 0 Å². The first kappa shape index (κ1) is 12.9. The minimum atomic E-state index is -0.199. The minimum Gasteiger partial charge on any atom is -0.496 e. The second-order valence-electron chi connectivity index (χ2n) is 4.27.